The lowest BCUT2D eigenvalue weighted by Crippen LogP contribution is -2.01. The minimum absolute atomic E-state index is 0.391. The maximum Gasteiger partial charge on any atom is 0.160 e. The Bertz CT molecular complexity index is 299. The van der Waals surface area contributed by atoms with E-state index in [1.807, 2.05) is 6.07 Å². The zero-order valence-electron chi connectivity index (χ0n) is 8.16. The lowest BCUT2D eigenvalue weighted by molar-refractivity contribution is 0.257. The molecule has 4 heteroatoms. The van der Waals surface area contributed by atoms with Crippen LogP contribution in [0.15, 0.2) is 18.2 Å². The molecule has 0 aliphatic carbocycles. The van der Waals surface area contributed by atoms with Crippen LogP contribution in [0.3, 0.4) is 0 Å². The van der Waals surface area contributed by atoms with Crippen LogP contribution in [0.2, 0.25) is 0 Å². The van der Waals surface area contributed by atoms with E-state index >= 15 is 0 Å². The normalized spacial score (nSPS) is 12.3. The van der Waals surface area contributed by atoms with Gasteiger partial charge in [-0.15, -0.1) is 0 Å². The van der Waals surface area contributed by atoms with Crippen molar-refractivity contribution in [1.29, 1.82) is 0 Å². The Hall–Kier alpha value is -0.930. The van der Waals surface area contributed by atoms with E-state index in [0.717, 1.165) is 5.56 Å². The molecule has 14 heavy (non-hydrogen) atoms. The van der Waals surface area contributed by atoms with E-state index in [1.54, 1.807) is 26.4 Å². The minimum Gasteiger partial charge on any atom is -0.493 e. The Morgan fingerprint density at radius 1 is 1.29 bits per heavy atom. The topological polar surface area (TPSA) is 38.7 Å². The molecular weight excluding hydrogens is 204 g/mol. The van der Waals surface area contributed by atoms with Crippen LogP contribution in [0.5, 0.6) is 11.5 Å². The number of aliphatic hydroxyl groups is 1. The molecule has 0 bridgehead atoms. The van der Waals surface area contributed by atoms with E-state index in [1.165, 1.54) is 0 Å². The SMILES string of the molecule is COc1ccc(CC(O)Cl)cc1OC. The number of hydrogen-bond donors (Lipinski definition) is 1. The Kier molecular flexibility index (Phi) is 4.04. The first-order chi connectivity index (χ1) is 6.67. The summed E-state index contributed by atoms with van der Waals surface area (Å²) < 4.78 is 10.2. The van der Waals surface area contributed by atoms with E-state index in [-0.39, 0.29) is 0 Å². The second-order valence-electron chi connectivity index (χ2n) is 2.83. The Morgan fingerprint density at radius 2 is 1.93 bits per heavy atom. The van der Waals surface area contributed by atoms with Gasteiger partial charge in [-0.1, -0.05) is 17.7 Å². The summed E-state index contributed by atoms with van der Waals surface area (Å²) >= 11 is 5.46. The van der Waals surface area contributed by atoms with Crippen molar-refractivity contribution in [2.45, 2.75) is 12.0 Å². The number of halogens is 1. The lowest BCUT2D eigenvalue weighted by atomic mass is 10.1. The highest BCUT2D eigenvalue weighted by Crippen LogP contribution is 2.28. The number of methoxy groups -OCH3 is 2. The zero-order valence-corrected chi connectivity index (χ0v) is 8.91. The lowest BCUT2D eigenvalue weighted by Gasteiger charge is -2.09. The number of rotatable bonds is 4. The number of hydrogen-bond acceptors (Lipinski definition) is 3. The molecule has 0 aliphatic rings. The standard InChI is InChI=1S/C10H13ClO3/c1-13-8-4-3-7(6-10(11)12)5-9(8)14-2/h3-5,10,12H,6H2,1-2H3. The van der Waals surface area contributed by atoms with Gasteiger partial charge in [-0.25, -0.2) is 0 Å². The van der Waals surface area contributed by atoms with Crippen LogP contribution in [-0.2, 0) is 6.42 Å². The van der Waals surface area contributed by atoms with Crippen molar-refractivity contribution >= 4 is 11.6 Å². The van der Waals surface area contributed by atoms with Crippen molar-refractivity contribution in [3.05, 3.63) is 23.8 Å². The first kappa shape index (κ1) is 11.1. The van der Waals surface area contributed by atoms with Crippen molar-refractivity contribution in [2.24, 2.45) is 0 Å². The molecule has 1 unspecified atom stereocenters. The van der Waals surface area contributed by atoms with Crippen molar-refractivity contribution < 1.29 is 14.6 Å². The van der Waals surface area contributed by atoms with Crippen LogP contribution in [0.1, 0.15) is 5.56 Å². The average molecular weight is 217 g/mol. The van der Waals surface area contributed by atoms with Gasteiger partial charge < -0.3 is 14.6 Å². The maximum absolute atomic E-state index is 8.99. The van der Waals surface area contributed by atoms with Gasteiger partial charge in [0.2, 0.25) is 0 Å². The average Bonchev–Trinajstić information content (AvgIpc) is 2.16. The van der Waals surface area contributed by atoms with Gasteiger partial charge in [0.25, 0.3) is 0 Å². The minimum atomic E-state index is -0.867. The third-order valence-corrected chi connectivity index (χ3v) is 2.01. The van der Waals surface area contributed by atoms with Gasteiger partial charge >= 0.3 is 0 Å². The first-order valence-corrected chi connectivity index (χ1v) is 4.64. The molecule has 0 aliphatic heterocycles. The van der Waals surface area contributed by atoms with Crippen molar-refractivity contribution in [1.82, 2.24) is 0 Å². The zero-order chi connectivity index (χ0) is 10.6. The second kappa shape index (κ2) is 5.08. The van der Waals surface area contributed by atoms with Crippen molar-refractivity contribution in [2.75, 3.05) is 14.2 Å². The fourth-order valence-electron chi connectivity index (χ4n) is 1.20. The summed E-state index contributed by atoms with van der Waals surface area (Å²) in [5.74, 6) is 1.31. The van der Waals surface area contributed by atoms with Crippen LogP contribution in [0.25, 0.3) is 0 Å². The molecule has 0 saturated carbocycles. The Morgan fingerprint density at radius 3 is 2.43 bits per heavy atom. The molecule has 0 saturated heterocycles. The predicted octanol–water partition coefficient (Wildman–Crippen LogP) is 1.80. The summed E-state index contributed by atoms with van der Waals surface area (Å²) in [5.41, 5.74) is 0.0400. The summed E-state index contributed by atoms with van der Waals surface area (Å²) in [6.45, 7) is 0. The van der Waals surface area contributed by atoms with E-state index in [2.05, 4.69) is 0 Å². The number of alkyl halides is 1. The van der Waals surface area contributed by atoms with Gasteiger partial charge in [0.15, 0.2) is 11.5 Å². The second-order valence-corrected chi connectivity index (χ2v) is 3.33. The summed E-state index contributed by atoms with van der Waals surface area (Å²) in [5, 5.41) is 8.99. The van der Waals surface area contributed by atoms with Gasteiger partial charge in [0.1, 0.15) is 5.56 Å². The molecule has 0 heterocycles. The van der Waals surface area contributed by atoms with Crippen LogP contribution in [0.4, 0.5) is 0 Å². The number of benzene rings is 1. The summed E-state index contributed by atoms with van der Waals surface area (Å²) in [7, 11) is 3.15. The van der Waals surface area contributed by atoms with E-state index in [4.69, 9.17) is 26.2 Å². The van der Waals surface area contributed by atoms with Gasteiger partial charge in [0, 0.05) is 6.42 Å². The van der Waals surface area contributed by atoms with Gasteiger partial charge in [0.05, 0.1) is 14.2 Å². The monoisotopic (exact) mass is 216 g/mol. The summed E-state index contributed by atoms with van der Waals surface area (Å²) in [4.78, 5) is 0. The maximum atomic E-state index is 8.99. The van der Waals surface area contributed by atoms with E-state index in [0.29, 0.717) is 17.9 Å². The molecular formula is C10H13ClO3. The third-order valence-electron chi connectivity index (χ3n) is 1.85. The molecule has 1 aromatic rings. The molecule has 0 aromatic heterocycles. The molecule has 1 rings (SSSR count). The van der Waals surface area contributed by atoms with E-state index in [9.17, 15) is 0 Å². The molecule has 1 atom stereocenters. The quantitative estimate of drug-likeness (QED) is 0.781. The predicted molar refractivity (Wildman–Crippen MR) is 55.1 cm³/mol. The van der Waals surface area contributed by atoms with Crippen LogP contribution in [0, 0.1) is 0 Å². The molecule has 0 amide bonds. The highest BCUT2D eigenvalue weighted by atomic mass is 35.5. The molecule has 1 aromatic carbocycles. The molecule has 0 fully saturated rings. The number of ether oxygens (including phenoxy) is 2. The molecule has 1 N–H and O–H groups in total. The molecule has 0 radical (unpaired) electrons. The highest BCUT2D eigenvalue weighted by Gasteiger charge is 2.06. The van der Waals surface area contributed by atoms with Crippen LogP contribution < -0.4 is 9.47 Å². The van der Waals surface area contributed by atoms with Gasteiger partial charge in [-0.2, -0.15) is 0 Å². The number of aliphatic hydroxyl groups excluding tert-OH is 1. The summed E-state index contributed by atoms with van der Waals surface area (Å²) in [6, 6.07) is 5.42. The van der Waals surface area contributed by atoms with Crippen LogP contribution >= 0.6 is 11.6 Å². The van der Waals surface area contributed by atoms with E-state index < -0.39 is 5.56 Å². The Balaban J connectivity index is 2.89. The molecule has 3 nitrogen and oxygen atoms in total. The summed E-state index contributed by atoms with van der Waals surface area (Å²) in [6.07, 6.45) is 0.391. The highest BCUT2D eigenvalue weighted by molar-refractivity contribution is 6.19. The smallest absolute Gasteiger partial charge is 0.160 e. The Labute approximate surface area is 88.2 Å². The first-order valence-electron chi connectivity index (χ1n) is 4.20. The molecule has 0 spiro atoms. The van der Waals surface area contributed by atoms with Crippen molar-refractivity contribution in [3.8, 4) is 11.5 Å². The third kappa shape index (κ3) is 2.79. The van der Waals surface area contributed by atoms with Gasteiger partial charge in [-0.05, 0) is 17.7 Å². The van der Waals surface area contributed by atoms with Gasteiger partial charge in [-0.3, -0.25) is 0 Å². The fourth-order valence-corrected chi connectivity index (χ4v) is 1.38. The van der Waals surface area contributed by atoms with Crippen LogP contribution in [-0.4, -0.2) is 24.9 Å². The fraction of sp³-hybridized carbons (Fsp3) is 0.400. The van der Waals surface area contributed by atoms with Crippen molar-refractivity contribution in [3.63, 3.8) is 0 Å². The molecule has 78 valence electrons. The largest absolute Gasteiger partial charge is 0.493 e.